The largest absolute Gasteiger partial charge is 0.326 e. The van der Waals surface area contributed by atoms with Crippen molar-refractivity contribution in [2.24, 2.45) is 0 Å². The summed E-state index contributed by atoms with van der Waals surface area (Å²) in [6.45, 7) is 16.7. The molecule has 1 fully saturated rings. The highest BCUT2D eigenvalue weighted by atomic mass is 19.1. The van der Waals surface area contributed by atoms with E-state index in [9.17, 15) is 4.39 Å². The van der Waals surface area contributed by atoms with Gasteiger partial charge >= 0.3 is 0 Å². The third kappa shape index (κ3) is 5.55. The molecule has 0 spiro atoms. The van der Waals surface area contributed by atoms with Crippen molar-refractivity contribution in [3.63, 3.8) is 0 Å². The number of halogens is 2. The van der Waals surface area contributed by atoms with Crippen molar-refractivity contribution in [1.29, 1.82) is 0 Å². The van der Waals surface area contributed by atoms with Crippen LogP contribution in [0.15, 0.2) is 36.7 Å². The van der Waals surface area contributed by atoms with Gasteiger partial charge in [-0.05, 0) is 64.8 Å². The van der Waals surface area contributed by atoms with Gasteiger partial charge in [0.05, 0.1) is 11.7 Å². The van der Waals surface area contributed by atoms with E-state index in [2.05, 4.69) is 61.9 Å². The monoisotopic (exact) mass is 548 g/mol. The minimum atomic E-state index is -0.636. The van der Waals surface area contributed by atoms with Gasteiger partial charge in [-0.25, -0.2) is 28.7 Å². The second kappa shape index (κ2) is 11.5. The molecule has 1 atom stereocenters. The number of aryl methyl sites for hydroxylation is 1. The predicted octanol–water partition coefficient (Wildman–Crippen LogP) is 6.28. The maximum absolute atomic E-state index is 15.0. The number of imidazole rings is 1. The molecule has 0 saturated carbocycles. The number of benzene rings is 1. The van der Waals surface area contributed by atoms with Gasteiger partial charge in [0.25, 0.3) is 0 Å². The van der Waals surface area contributed by atoms with E-state index in [4.69, 9.17) is 0 Å². The number of hydrogen-bond donors (Lipinski definition) is 1. The normalized spacial score (nSPS) is 15.8. The van der Waals surface area contributed by atoms with E-state index in [0.29, 0.717) is 34.8 Å². The lowest BCUT2D eigenvalue weighted by Gasteiger charge is -2.40. The molecule has 0 bridgehead atoms. The highest BCUT2D eigenvalue weighted by Gasteiger charge is 2.25. The molecule has 1 aliphatic rings. The minimum Gasteiger partial charge on any atom is -0.326 e. The standard InChI is InChI=1S/C30H38F2N8/c1-7-25(39-12-10-38(11-13-39)18(2)3)21-8-9-27(33-16-21)36-30-34-17-24(32)28(37-30)22-14-23(31)29-26(15-22)40(19(4)5)20(6)35-29/h8-9,14-19,25H,7,10-13H2,1-6H3,(H,33,34,36,37)/t25-/m1/s1. The van der Waals surface area contributed by atoms with Crippen molar-refractivity contribution < 1.29 is 8.78 Å². The Morgan fingerprint density at radius 3 is 2.23 bits per heavy atom. The molecule has 4 aromatic rings. The first-order chi connectivity index (χ1) is 19.2. The average Bonchev–Trinajstić information content (AvgIpc) is 3.28. The van der Waals surface area contributed by atoms with E-state index in [1.165, 1.54) is 6.07 Å². The molecule has 0 amide bonds. The van der Waals surface area contributed by atoms with Crippen molar-refractivity contribution in [3.05, 3.63) is 59.7 Å². The first-order valence-corrected chi connectivity index (χ1v) is 14.1. The number of piperazine rings is 1. The van der Waals surface area contributed by atoms with E-state index < -0.39 is 11.6 Å². The number of aromatic nitrogens is 5. The minimum absolute atomic E-state index is 0.00988. The topological polar surface area (TPSA) is 75.0 Å². The fourth-order valence-corrected chi connectivity index (χ4v) is 5.75. The Morgan fingerprint density at radius 2 is 1.60 bits per heavy atom. The van der Waals surface area contributed by atoms with Crippen LogP contribution in [0.4, 0.5) is 20.5 Å². The summed E-state index contributed by atoms with van der Waals surface area (Å²) in [5.41, 5.74) is 2.35. The third-order valence-electron chi connectivity index (χ3n) is 7.78. The molecule has 1 N–H and O–H groups in total. The van der Waals surface area contributed by atoms with Crippen LogP contribution in [0.2, 0.25) is 0 Å². The van der Waals surface area contributed by atoms with Gasteiger partial charge in [-0.3, -0.25) is 9.80 Å². The Morgan fingerprint density at radius 1 is 0.875 bits per heavy atom. The SMILES string of the molecule is CC[C@H](c1ccc(Nc2ncc(F)c(-c3cc(F)c4nc(C)n(C(C)C)c4c3)n2)nc1)N1CCN(C(C)C)CC1. The average molecular weight is 549 g/mol. The number of nitrogens with zero attached hydrogens (tertiary/aromatic N) is 7. The molecule has 1 aromatic carbocycles. The Hall–Kier alpha value is -3.50. The second-order valence-electron chi connectivity index (χ2n) is 11.0. The maximum Gasteiger partial charge on any atom is 0.229 e. The van der Waals surface area contributed by atoms with Crippen LogP contribution in [0.5, 0.6) is 0 Å². The number of fused-ring (bicyclic) bond motifs is 1. The number of nitrogens with one attached hydrogen (secondary N) is 1. The number of hydrogen-bond acceptors (Lipinski definition) is 7. The van der Waals surface area contributed by atoms with Gasteiger partial charge in [0.1, 0.15) is 22.9 Å². The molecule has 4 heterocycles. The van der Waals surface area contributed by atoms with Gasteiger partial charge in [-0.2, -0.15) is 0 Å². The molecule has 1 aliphatic heterocycles. The Kier molecular flexibility index (Phi) is 8.09. The highest BCUT2D eigenvalue weighted by Crippen LogP contribution is 2.31. The molecule has 3 aromatic heterocycles. The van der Waals surface area contributed by atoms with Crippen molar-refractivity contribution in [3.8, 4) is 11.3 Å². The summed E-state index contributed by atoms with van der Waals surface area (Å²) < 4.78 is 31.8. The smallest absolute Gasteiger partial charge is 0.229 e. The van der Waals surface area contributed by atoms with Crippen molar-refractivity contribution in [2.75, 3.05) is 31.5 Å². The number of pyridine rings is 1. The molecular weight excluding hydrogens is 510 g/mol. The summed E-state index contributed by atoms with van der Waals surface area (Å²) in [5.74, 6) is 0.280. The van der Waals surface area contributed by atoms with Crippen LogP contribution in [0.3, 0.4) is 0 Å². The fourth-order valence-electron chi connectivity index (χ4n) is 5.75. The van der Waals surface area contributed by atoms with Crippen LogP contribution in [-0.2, 0) is 0 Å². The number of rotatable bonds is 8. The van der Waals surface area contributed by atoms with Crippen LogP contribution in [-0.4, -0.2) is 66.5 Å². The number of anilines is 2. The third-order valence-corrected chi connectivity index (χ3v) is 7.78. The van der Waals surface area contributed by atoms with Crippen LogP contribution in [0, 0.1) is 18.6 Å². The molecular formula is C30H38F2N8. The van der Waals surface area contributed by atoms with E-state index in [-0.39, 0.29) is 23.2 Å². The molecule has 0 unspecified atom stereocenters. The molecule has 0 radical (unpaired) electrons. The van der Waals surface area contributed by atoms with Gasteiger partial charge in [0, 0.05) is 56.1 Å². The van der Waals surface area contributed by atoms with Gasteiger partial charge in [0.2, 0.25) is 5.95 Å². The second-order valence-corrected chi connectivity index (χ2v) is 11.0. The van der Waals surface area contributed by atoms with Crippen LogP contribution in [0.25, 0.3) is 22.3 Å². The van der Waals surface area contributed by atoms with Gasteiger partial charge in [0.15, 0.2) is 11.6 Å². The van der Waals surface area contributed by atoms with Crippen LogP contribution in [0.1, 0.15) is 64.5 Å². The molecule has 1 saturated heterocycles. The zero-order valence-corrected chi connectivity index (χ0v) is 24.1. The van der Waals surface area contributed by atoms with E-state index in [0.717, 1.165) is 44.4 Å². The zero-order chi connectivity index (χ0) is 28.6. The lowest BCUT2D eigenvalue weighted by atomic mass is 10.0. The Labute approximate surface area is 234 Å². The van der Waals surface area contributed by atoms with E-state index in [1.54, 1.807) is 6.07 Å². The highest BCUT2D eigenvalue weighted by molar-refractivity contribution is 5.83. The zero-order valence-electron chi connectivity index (χ0n) is 24.1. The first kappa shape index (κ1) is 28.0. The molecule has 10 heteroatoms. The predicted molar refractivity (Wildman–Crippen MR) is 155 cm³/mol. The molecule has 212 valence electrons. The van der Waals surface area contributed by atoms with Gasteiger partial charge in [-0.1, -0.05) is 13.0 Å². The quantitative estimate of drug-likeness (QED) is 0.278. The Balaban J connectivity index is 1.36. The first-order valence-electron chi connectivity index (χ1n) is 14.1. The van der Waals surface area contributed by atoms with E-state index in [1.807, 2.05) is 37.6 Å². The summed E-state index contributed by atoms with van der Waals surface area (Å²) in [6, 6.07) is 7.90. The Bertz CT molecular complexity index is 1470. The van der Waals surface area contributed by atoms with Crippen molar-refractivity contribution >= 4 is 22.8 Å². The fraction of sp³-hybridized carbons (Fsp3) is 0.467. The van der Waals surface area contributed by atoms with Gasteiger partial charge < -0.3 is 9.88 Å². The van der Waals surface area contributed by atoms with Crippen molar-refractivity contribution in [2.45, 2.75) is 66.1 Å². The van der Waals surface area contributed by atoms with Crippen molar-refractivity contribution in [1.82, 2.24) is 34.3 Å². The lowest BCUT2D eigenvalue weighted by Crippen LogP contribution is -2.49. The van der Waals surface area contributed by atoms with Gasteiger partial charge in [-0.15, -0.1) is 0 Å². The summed E-state index contributed by atoms with van der Waals surface area (Å²) >= 11 is 0. The summed E-state index contributed by atoms with van der Waals surface area (Å²) in [6.07, 6.45) is 3.97. The lowest BCUT2D eigenvalue weighted by molar-refractivity contribution is 0.0762. The molecule has 5 rings (SSSR count). The summed E-state index contributed by atoms with van der Waals surface area (Å²) in [5, 5.41) is 3.08. The molecule has 40 heavy (non-hydrogen) atoms. The summed E-state index contributed by atoms with van der Waals surface area (Å²) in [7, 11) is 0. The summed E-state index contributed by atoms with van der Waals surface area (Å²) in [4.78, 5) is 22.5. The molecule has 0 aliphatic carbocycles. The van der Waals surface area contributed by atoms with E-state index >= 15 is 4.39 Å². The maximum atomic E-state index is 15.0. The van der Waals surface area contributed by atoms with Crippen LogP contribution < -0.4 is 5.32 Å². The molecule has 8 nitrogen and oxygen atoms in total. The van der Waals surface area contributed by atoms with Crippen LogP contribution >= 0.6 is 0 Å².